The molecule has 21 heavy (non-hydrogen) atoms. The molecule has 106 valence electrons. The van der Waals surface area contributed by atoms with E-state index in [9.17, 15) is 4.79 Å². The monoisotopic (exact) mass is 319 g/mol. The Morgan fingerprint density at radius 1 is 1.24 bits per heavy atom. The Balaban J connectivity index is 1.77. The Morgan fingerprint density at radius 2 is 2.10 bits per heavy atom. The van der Waals surface area contributed by atoms with Crippen molar-refractivity contribution in [2.24, 2.45) is 0 Å². The van der Waals surface area contributed by atoms with E-state index in [1.807, 2.05) is 18.2 Å². The molecule has 3 aromatic rings. The van der Waals surface area contributed by atoms with Crippen LogP contribution in [0.1, 0.15) is 15.9 Å². The molecule has 0 saturated carbocycles. The van der Waals surface area contributed by atoms with Gasteiger partial charge in [0.05, 0.1) is 16.7 Å². The molecule has 0 radical (unpaired) electrons. The molecule has 0 saturated heterocycles. The summed E-state index contributed by atoms with van der Waals surface area (Å²) in [6.07, 6.45) is 1.63. The van der Waals surface area contributed by atoms with Gasteiger partial charge in [-0.2, -0.15) is 5.10 Å². The molecule has 2 N–H and O–H groups in total. The summed E-state index contributed by atoms with van der Waals surface area (Å²) in [5.74, 6) is -0.201. The molecule has 6 heteroatoms. The van der Waals surface area contributed by atoms with Crippen LogP contribution in [0.25, 0.3) is 10.9 Å². The Bertz CT molecular complexity index is 814. The first-order valence-electron chi connectivity index (χ1n) is 6.29. The second-order valence-electron chi connectivity index (χ2n) is 4.60. The second kappa shape index (κ2) is 5.76. The van der Waals surface area contributed by atoms with Gasteiger partial charge in [0.15, 0.2) is 0 Å². The first-order chi connectivity index (χ1) is 10.1. The molecule has 2 aromatic carbocycles. The maximum absolute atomic E-state index is 12.2. The van der Waals surface area contributed by atoms with Gasteiger partial charge in [0, 0.05) is 22.5 Å². The molecule has 0 spiro atoms. The van der Waals surface area contributed by atoms with Gasteiger partial charge in [-0.25, -0.2) is 0 Å². The molecule has 0 unspecified atom stereocenters. The predicted molar refractivity (Wildman–Crippen MR) is 83.7 cm³/mol. The van der Waals surface area contributed by atoms with Crippen molar-refractivity contribution in [1.82, 2.24) is 15.5 Å². The summed E-state index contributed by atoms with van der Waals surface area (Å²) in [7, 11) is 0. The smallest absolute Gasteiger partial charge is 0.251 e. The number of nitrogens with one attached hydrogen (secondary N) is 2. The molecule has 0 aliphatic rings. The summed E-state index contributed by atoms with van der Waals surface area (Å²) in [6.45, 7) is 0.401. The Hall–Kier alpha value is -2.04. The maximum atomic E-state index is 12.2. The number of halogens is 2. The Kier molecular flexibility index (Phi) is 3.82. The van der Waals surface area contributed by atoms with E-state index in [0.29, 0.717) is 22.2 Å². The quantitative estimate of drug-likeness (QED) is 0.771. The number of hydrogen-bond acceptors (Lipinski definition) is 2. The molecule has 0 fully saturated rings. The SMILES string of the molecule is O=C(NCc1cccc(Cl)c1)c1cc(Cl)c2cn[nH]c2c1. The van der Waals surface area contributed by atoms with Gasteiger partial charge in [0.25, 0.3) is 5.91 Å². The summed E-state index contributed by atoms with van der Waals surface area (Å²) >= 11 is 12.0. The fourth-order valence-electron chi connectivity index (χ4n) is 2.07. The average molecular weight is 320 g/mol. The third kappa shape index (κ3) is 3.01. The first kappa shape index (κ1) is 13.9. The van der Waals surface area contributed by atoms with Crippen LogP contribution in [0.4, 0.5) is 0 Å². The molecule has 0 aliphatic carbocycles. The van der Waals surface area contributed by atoms with E-state index in [-0.39, 0.29) is 5.91 Å². The lowest BCUT2D eigenvalue weighted by molar-refractivity contribution is 0.0951. The zero-order valence-corrected chi connectivity index (χ0v) is 12.4. The number of rotatable bonds is 3. The molecule has 1 aromatic heterocycles. The number of hydrogen-bond donors (Lipinski definition) is 2. The topological polar surface area (TPSA) is 57.8 Å². The molecule has 0 aliphatic heterocycles. The number of carbonyl (C=O) groups excluding carboxylic acids is 1. The van der Waals surface area contributed by atoms with Crippen LogP contribution in [-0.4, -0.2) is 16.1 Å². The average Bonchev–Trinajstić information content (AvgIpc) is 2.94. The van der Waals surface area contributed by atoms with E-state index in [4.69, 9.17) is 23.2 Å². The highest BCUT2D eigenvalue weighted by Crippen LogP contribution is 2.23. The molecule has 3 rings (SSSR count). The highest BCUT2D eigenvalue weighted by molar-refractivity contribution is 6.35. The van der Waals surface area contributed by atoms with Crippen LogP contribution in [-0.2, 0) is 6.54 Å². The minimum absolute atomic E-state index is 0.201. The van der Waals surface area contributed by atoms with Gasteiger partial charge >= 0.3 is 0 Å². The number of aromatic nitrogens is 2. The van der Waals surface area contributed by atoms with E-state index in [1.54, 1.807) is 24.4 Å². The van der Waals surface area contributed by atoms with Gasteiger partial charge in [-0.15, -0.1) is 0 Å². The lowest BCUT2D eigenvalue weighted by atomic mass is 10.1. The molecule has 1 amide bonds. The van der Waals surface area contributed by atoms with E-state index in [2.05, 4.69) is 15.5 Å². The van der Waals surface area contributed by atoms with Crippen molar-refractivity contribution in [3.63, 3.8) is 0 Å². The van der Waals surface area contributed by atoms with Crippen molar-refractivity contribution in [3.8, 4) is 0 Å². The summed E-state index contributed by atoms with van der Waals surface area (Å²) in [5.41, 5.74) is 2.15. The van der Waals surface area contributed by atoms with Crippen molar-refractivity contribution in [3.05, 3.63) is 63.8 Å². The lowest BCUT2D eigenvalue weighted by Crippen LogP contribution is -2.22. The minimum Gasteiger partial charge on any atom is -0.348 e. The van der Waals surface area contributed by atoms with Gasteiger partial charge in [0.1, 0.15) is 0 Å². The van der Waals surface area contributed by atoms with Crippen molar-refractivity contribution in [2.45, 2.75) is 6.54 Å². The largest absolute Gasteiger partial charge is 0.348 e. The van der Waals surface area contributed by atoms with Crippen LogP contribution in [0.15, 0.2) is 42.6 Å². The van der Waals surface area contributed by atoms with Gasteiger partial charge in [-0.05, 0) is 29.8 Å². The van der Waals surface area contributed by atoms with Crippen LogP contribution in [0.5, 0.6) is 0 Å². The van der Waals surface area contributed by atoms with Gasteiger partial charge < -0.3 is 5.32 Å². The maximum Gasteiger partial charge on any atom is 0.251 e. The third-order valence-electron chi connectivity index (χ3n) is 3.11. The highest BCUT2D eigenvalue weighted by Gasteiger charge is 2.10. The van der Waals surface area contributed by atoms with Gasteiger partial charge in [-0.1, -0.05) is 35.3 Å². The summed E-state index contributed by atoms with van der Waals surface area (Å²) in [4.78, 5) is 12.2. The minimum atomic E-state index is -0.201. The lowest BCUT2D eigenvalue weighted by Gasteiger charge is -2.06. The second-order valence-corrected chi connectivity index (χ2v) is 5.45. The molecular formula is C15H11Cl2N3O. The third-order valence-corrected chi connectivity index (χ3v) is 3.66. The van der Waals surface area contributed by atoms with Gasteiger partial charge in [0.2, 0.25) is 0 Å². The van der Waals surface area contributed by atoms with Crippen LogP contribution in [0.2, 0.25) is 10.0 Å². The first-order valence-corrected chi connectivity index (χ1v) is 7.04. The molecular weight excluding hydrogens is 309 g/mol. The van der Waals surface area contributed by atoms with Crippen molar-refractivity contribution in [1.29, 1.82) is 0 Å². The molecule has 1 heterocycles. The molecule has 0 atom stereocenters. The van der Waals surface area contributed by atoms with Gasteiger partial charge in [-0.3, -0.25) is 9.89 Å². The number of benzene rings is 2. The number of carbonyl (C=O) groups is 1. The zero-order valence-electron chi connectivity index (χ0n) is 10.9. The number of aromatic amines is 1. The number of H-pyrrole nitrogens is 1. The van der Waals surface area contributed by atoms with E-state index in [0.717, 1.165) is 16.5 Å². The zero-order chi connectivity index (χ0) is 14.8. The summed E-state index contributed by atoms with van der Waals surface area (Å²) in [5, 5.41) is 11.5. The normalized spacial score (nSPS) is 10.8. The van der Waals surface area contributed by atoms with Crippen molar-refractivity contribution < 1.29 is 4.79 Å². The van der Waals surface area contributed by atoms with Crippen LogP contribution in [0, 0.1) is 0 Å². The van der Waals surface area contributed by atoms with E-state index >= 15 is 0 Å². The summed E-state index contributed by atoms with van der Waals surface area (Å²) < 4.78 is 0. The van der Waals surface area contributed by atoms with Crippen LogP contribution in [0.3, 0.4) is 0 Å². The van der Waals surface area contributed by atoms with Crippen molar-refractivity contribution >= 4 is 40.0 Å². The van der Waals surface area contributed by atoms with Crippen LogP contribution >= 0.6 is 23.2 Å². The number of fused-ring (bicyclic) bond motifs is 1. The van der Waals surface area contributed by atoms with E-state index < -0.39 is 0 Å². The highest BCUT2D eigenvalue weighted by atomic mass is 35.5. The number of amides is 1. The standard InChI is InChI=1S/C15H11Cl2N3O/c16-11-3-1-2-9(4-11)7-18-15(21)10-5-13(17)12-8-19-20-14(12)6-10/h1-6,8H,7H2,(H,18,21)(H,19,20). The fraction of sp³-hybridized carbons (Fsp3) is 0.0667. The molecule has 4 nitrogen and oxygen atoms in total. The fourth-order valence-corrected chi connectivity index (χ4v) is 2.55. The summed E-state index contributed by atoms with van der Waals surface area (Å²) in [6, 6.07) is 10.7. The molecule has 0 bridgehead atoms. The van der Waals surface area contributed by atoms with Crippen LogP contribution < -0.4 is 5.32 Å². The Morgan fingerprint density at radius 3 is 2.90 bits per heavy atom. The predicted octanol–water partition coefficient (Wildman–Crippen LogP) is 3.80. The van der Waals surface area contributed by atoms with E-state index in [1.165, 1.54) is 0 Å². The Labute approximate surface area is 131 Å². The number of nitrogens with zero attached hydrogens (tertiary/aromatic N) is 1. The van der Waals surface area contributed by atoms with Crippen molar-refractivity contribution in [2.75, 3.05) is 0 Å².